The van der Waals surface area contributed by atoms with E-state index in [1.807, 2.05) is 30.3 Å². The van der Waals surface area contributed by atoms with Gasteiger partial charge in [0.25, 0.3) is 0 Å². The molecule has 0 saturated carbocycles. The van der Waals surface area contributed by atoms with E-state index in [-0.39, 0.29) is 12.5 Å². The predicted octanol–water partition coefficient (Wildman–Crippen LogP) is 1.66. The van der Waals surface area contributed by atoms with Crippen molar-refractivity contribution in [2.45, 2.75) is 31.9 Å². The predicted molar refractivity (Wildman–Crippen MR) is 82.7 cm³/mol. The third-order valence-electron chi connectivity index (χ3n) is 2.98. The average molecular weight is 303 g/mol. The Kier molecular flexibility index (Phi) is 8.39. The highest BCUT2D eigenvalue weighted by Crippen LogP contribution is 2.03. The van der Waals surface area contributed by atoms with E-state index < -0.39 is 12.0 Å². The van der Waals surface area contributed by atoms with E-state index >= 15 is 0 Å². The van der Waals surface area contributed by atoms with Crippen LogP contribution in [0.3, 0.4) is 0 Å². The van der Waals surface area contributed by atoms with Crippen LogP contribution in [0.5, 0.6) is 0 Å². The summed E-state index contributed by atoms with van der Waals surface area (Å²) < 4.78 is 10.00. The van der Waals surface area contributed by atoms with Gasteiger partial charge in [0.1, 0.15) is 12.6 Å². The smallest absolute Gasteiger partial charge is 0.328 e. The second-order valence-corrected chi connectivity index (χ2v) is 4.72. The van der Waals surface area contributed by atoms with Gasteiger partial charge in [-0.1, -0.05) is 30.3 Å². The number of carbonyl (C=O) groups is 2. The maximum atomic E-state index is 11.8. The summed E-state index contributed by atoms with van der Waals surface area (Å²) in [6, 6.07) is 8.85. The molecule has 0 aliphatic rings. The van der Waals surface area contributed by atoms with Crippen LogP contribution in [0.4, 0.5) is 0 Å². The first kappa shape index (κ1) is 17.7. The lowest BCUT2D eigenvalue weighted by molar-refractivity contribution is -0.146. The van der Waals surface area contributed by atoms with E-state index in [1.165, 1.54) is 7.11 Å². The summed E-state index contributed by atoms with van der Waals surface area (Å²) in [5, 5.41) is 2.61. The summed E-state index contributed by atoms with van der Waals surface area (Å²) in [6.07, 6.45) is 6.81. The fraction of sp³-hybridized carbons (Fsp3) is 0.412. The lowest BCUT2D eigenvalue weighted by Gasteiger charge is -2.16. The maximum Gasteiger partial charge on any atom is 0.328 e. The van der Waals surface area contributed by atoms with Gasteiger partial charge in [0.2, 0.25) is 5.91 Å². The van der Waals surface area contributed by atoms with Crippen molar-refractivity contribution in [3.63, 3.8) is 0 Å². The molecule has 1 atom stereocenters. The molecule has 118 valence electrons. The van der Waals surface area contributed by atoms with Crippen LogP contribution in [0.2, 0.25) is 0 Å². The summed E-state index contributed by atoms with van der Waals surface area (Å²) in [5.41, 5.74) is 0.980. The number of ether oxygens (including phenoxy) is 2. The van der Waals surface area contributed by atoms with Gasteiger partial charge in [0, 0.05) is 6.42 Å². The standard InChI is InChI=1S/C17H21NO4/c1-3-4-6-11-15(17(20)21-2)18-16(19)13-22-12-14-9-7-5-8-10-14/h1,5,7-10,15H,4,6,11-13H2,2H3,(H,18,19)/t15-/m1/s1. The number of hydrogen-bond acceptors (Lipinski definition) is 4. The third-order valence-corrected chi connectivity index (χ3v) is 2.98. The van der Waals surface area contributed by atoms with Crippen molar-refractivity contribution in [2.24, 2.45) is 0 Å². The van der Waals surface area contributed by atoms with Crippen LogP contribution >= 0.6 is 0 Å². The molecular formula is C17H21NO4. The normalized spacial score (nSPS) is 11.3. The minimum absolute atomic E-state index is 0.114. The third kappa shape index (κ3) is 6.91. The lowest BCUT2D eigenvalue weighted by atomic mass is 10.1. The van der Waals surface area contributed by atoms with E-state index in [9.17, 15) is 9.59 Å². The molecule has 0 radical (unpaired) electrons. The monoisotopic (exact) mass is 303 g/mol. The number of rotatable bonds is 9. The highest BCUT2D eigenvalue weighted by Gasteiger charge is 2.20. The molecule has 0 bridgehead atoms. The van der Waals surface area contributed by atoms with Crippen molar-refractivity contribution in [1.29, 1.82) is 0 Å². The summed E-state index contributed by atoms with van der Waals surface area (Å²) in [7, 11) is 1.29. The molecule has 0 unspecified atom stereocenters. The molecule has 0 heterocycles. The SMILES string of the molecule is C#CCCC[C@@H](NC(=O)COCc1ccccc1)C(=O)OC. The molecule has 0 saturated heterocycles. The van der Waals surface area contributed by atoms with Crippen molar-refractivity contribution in [1.82, 2.24) is 5.32 Å². The van der Waals surface area contributed by atoms with Crippen LogP contribution in [0.15, 0.2) is 30.3 Å². The van der Waals surface area contributed by atoms with Gasteiger partial charge in [0.15, 0.2) is 0 Å². The Bertz CT molecular complexity index is 507. The van der Waals surface area contributed by atoms with Crippen LogP contribution in [0, 0.1) is 12.3 Å². The van der Waals surface area contributed by atoms with Gasteiger partial charge in [-0.05, 0) is 18.4 Å². The average Bonchev–Trinajstić information content (AvgIpc) is 2.54. The van der Waals surface area contributed by atoms with E-state index in [2.05, 4.69) is 16.0 Å². The molecule has 0 spiro atoms. The van der Waals surface area contributed by atoms with Crippen molar-refractivity contribution in [3.8, 4) is 12.3 Å². The molecule has 0 aliphatic carbocycles. The van der Waals surface area contributed by atoms with Gasteiger partial charge in [-0.15, -0.1) is 12.3 Å². The summed E-state index contributed by atoms with van der Waals surface area (Å²) in [6.45, 7) is 0.228. The van der Waals surface area contributed by atoms with Crippen LogP contribution in [-0.2, 0) is 25.7 Å². The number of benzene rings is 1. The number of amides is 1. The number of nitrogens with one attached hydrogen (secondary N) is 1. The molecule has 1 aromatic carbocycles. The summed E-state index contributed by atoms with van der Waals surface area (Å²) in [4.78, 5) is 23.4. The van der Waals surface area contributed by atoms with Crippen LogP contribution < -0.4 is 5.32 Å². The summed E-state index contributed by atoms with van der Waals surface area (Å²) >= 11 is 0. The molecule has 1 rings (SSSR count). The van der Waals surface area contributed by atoms with E-state index in [0.717, 1.165) is 5.56 Å². The number of carbonyl (C=O) groups excluding carboxylic acids is 2. The minimum atomic E-state index is -0.689. The van der Waals surface area contributed by atoms with Crippen molar-refractivity contribution in [3.05, 3.63) is 35.9 Å². The van der Waals surface area contributed by atoms with Crippen LogP contribution in [0.25, 0.3) is 0 Å². The molecule has 0 aliphatic heterocycles. The maximum absolute atomic E-state index is 11.8. The zero-order valence-electron chi connectivity index (χ0n) is 12.7. The van der Waals surface area contributed by atoms with Crippen LogP contribution in [0.1, 0.15) is 24.8 Å². The van der Waals surface area contributed by atoms with Crippen molar-refractivity contribution >= 4 is 11.9 Å². The number of esters is 1. The molecule has 0 aromatic heterocycles. The second-order valence-electron chi connectivity index (χ2n) is 4.72. The molecule has 22 heavy (non-hydrogen) atoms. The molecular weight excluding hydrogens is 282 g/mol. The highest BCUT2D eigenvalue weighted by molar-refractivity contribution is 5.84. The quantitative estimate of drug-likeness (QED) is 0.428. The van der Waals surface area contributed by atoms with Gasteiger partial charge in [-0.3, -0.25) is 4.79 Å². The fourth-order valence-corrected chi connectivity index (χ4v) is 1.87. The fourth-order valence-electron chi connectivity index (χ4n) is 1.87. The molecule has 0 fully saturated rings. The Morgan fingerprint density at radius 3 is 2.68 bits per heavy atom. The first-order chi connectivity index (χ1) is 10.7. The second kappa shape index (κ2) is 10.4. The van der Waals surface area contributed by atoms with Gasteiger partial charge in [-0.2, -0.15) is 0 Å². The zero-order chi connectivity index (χ0) is 16.2. The molecule has 1 N–H and O–H groups in total. The molecule has 5 heteroatoms. The Morgan fingerprint density at radius 2 is 2.05 bits per heavy atom. The molecule has 5 nitrogen and oxygen atoms in total. The summed E-state index contributed by atoms with van der Waals surface area (Å²) in [5.74, 6) is 1.66. The Morgan fingerprint density at radius 1 is 1.32 bits per heavy atom. The van der Waals surface area contributed by atoms with E-state index in [1.54, 1.807) is 0 Å². The van der Waals surface area contributed by atoms with Gasteiger partial charge >= 0.3 is 5.97 Å². The van der Waals surface area contributed by atoms with Crippen molar-refractivity contribution < 1.29 is 19.1 Å². The van der Waals surface area contributed by atoms with Crippen LogP contribution in [-0.4, -0.2) is 31.6 Å². The highest BCUT2D eigenvalue weighted by atomic mass is 16.5. The Labute approximate surface area is 131 Å². The first-order valence-corrected chi connectivity index (χ1v) is 7.09. The van der Waals surface area contributed by atoms with Crippen molar-refractivity contribution in [2.75, 3.05) is 13.7 Å². The van der Waals surface area contributed by atoms with Gasteiger partial charge < -0.3 is 14.8 Å². The van der Waals surface area contributed by atoms with E-state index in [4.69, 9.17) is 11.2 Å². The lowest BCUT2D eigenvalue weighted by Crippen LogP contribution is -2.43. The van der Waals surface area contributed by atoms with Gasteiger partial charge in [-0.25, -0.2) is 4.79 Å². The topological polar surface area (TPSA) is 64.6 Å². The largest absolute Gasteiger partial charge is 0.467 e. The number of terminal acetylenes is 1. The Balaban J connectivity index is 2.35. The Hall–Kier alpha value is -2.32. The first-order valence-electron chi connectivity index (χ1n) is 7.09. The van der Waals surface area contributed by atoms with Gasteiger partial charge in [0.05, 0.1) is 13.7 Å². The van der Waals surface area contributed by atoms with E-state index in [0.29, 0.717) is 25.9 Å². The number of unbranched alkanes of at least 4 members (excludes halogenated alkanes) is 1. The minimum Gasteiger partial charge on any atom is -0.467 e. The number of methoxy groups -OCH3 is 1. The zero-order valence-corrected chi connectivity index (χ0v) is 12.7. The molecule has 1 aromatic rings. The molecule has 1 amide bonds. The number of hydrogen-bond donors (Lipinski definition) is 1.